The number of para-hydroxylation sites is 3. The summed E-state index contributed by atoms with van der Waals surface area (Å²) in [5.74, 6) is -1.41. The maximum atomic E-state index is 14.5. The molecule has 0 atom stereocenters. The highest BCUT2D eigenvalue weighted by Gasteiger charge is 2.30. The van der Waals surface area contributed by atoms with Gasteiger partial charge >= 0.3 is 0 Å². The first kappa shape index (κ1) is 22.5. The Labute approximate surface area is 197 Å². The first-order valence-corrected chi connectivity index (χ1v) is 12.5. The number of amides is 1. The van der Waals surface area contributed by atoms with Crippen LogP contribution < -0.4 is 10.2 Å². The highest BCUT2D eigenvalue weighted by molar-refractivity contribution is 7.89. The largest absolute Gasteiger partial charge is 0.379 e. The van der Waals surface area contributed by atoms with Crippen LogP contribution >= 0.6 is 0 Å². The van der Waals surface area contributed by atoms with E-state index in [1.807, 2.05) is 36.4 Å². The summed E-state index contributed by atoms with van der Waals surface area (Å²) in [7, 11) is -4.09. The third kappa shape index (κ3) is 4.18. The van der Waals surface area contributed by atoms with Gasteiger partial charge in [-0.15, -0.1) is 0 Å². The summed E-state index contributed by atoms with van der Waals surface area (Å²) in [6, 6.07) is 19.0. The first-order valence-electron chi connectivity index (χ1n) is 11.1. The van der Waals surface area contributed by atoms with Crippen molar-refractivity contribution < 1.29 is 22.3 Å². The van der Waals surface area contributed by atoms with Crippen LogP contribution in [0.15, 0.2) is 71.6 Å². The molecular formula is C25H24FN3O4S. The van der Waals surface area contributed by atoms with Crippen molar-refractivity contribution >= 4 is 33.0 Å². The molecule has 0 saturated carbocycles. The Morgan fingerprint density at radius 2 is 1.62 bits per heavy atom. The summed E-state index contributed by atoms with van der Waals surface area (Å²) >= 11 is 0. The second kappa shape index (κ2) is 9.17. The fourth-order valence-electron chi connectivity index (χ4n) is 4.37. The van der Waals surface area contributed by atoms with Crippen LogP contribution in [0, 0.1) is 5.82 Å². The topological polar surface area (TPSA) is 79.0 Å². The van der Waals surface area contributed by atoms with E-state index < -0.39 is 26.6 Å². The lowest BCUT2D eigenvalue weighted by Gasteiger charge is -2.26. The van der Waals surface area contributed by atoms with Gasteiger partial charge in [-0.1, -0.05) is 30.3 Å². The molecule has 7 nitrogen and oxygen atoms in total. The van der Waals surface area contributed by atoms with Crippen molar-refractivity contribution in [3.05, 3.63) is 83.7 Å². The van der Waals surface area contributed by atoms with Crippen LogP contribution in [-0.2, 0) is 21.2 Å². The number of sulfonamides is 1. The van der Waals surface area contributed by atoms with Gasteiger partial charge in [0.25, 0.3) is 5.91 Å². The van der Waals surface area contributed by atoms with E-state index in [1.54, 1.807) is 6.07 Å². The number of halogens is 1. The second-order valence-electron chi connectivity index (χ2n) is 8.16. The number of anilines is 3. The number of carbonyl (C=O) groups is 1. The standard InChI is InChI=1S/C25H24FN3O4S/c26-20-10-9-19(17-24(20)34(31,32)28-13-15-33-16-14-28)25(30)27-21-6-2-4-8-23(21)29-12-11-18-5-1-3-7-22(18)29/h1-10,17H,11-16H2,(H,27,30). The molecule has 0 radical (unpaired) electrons. The predicted molar refractivity (Wildman–Crippen MR) is 128 cm³/mol. The van der Waals surface area contributed by atoms with Crippen molar-refractivity contribution in [2.24, 2.45) is 0 Å². The minimum atomic E-state index is -4.09. The van der Waals surface area contributed by atoms with Gasteiger partial charge in [-0.2, -0.15) is 4.31 Å². The van der Waals surface area contributed by atoms with E-state index in [1.165, 1.54) is 15.9 Å². The molecule has 176 valence electrons. The van der Waals surface area contributed by atoms with E-state index in [2.05, 4.69) is 16.3 Å². The smallest absolute Gasteiger partial charge is 0.255 e. The molecule has 1 fully saturated rings. The zero-order chi connectivity index (χ0) is 23.7. The minimum Gasteiger partial charge on any atom is -0.379 e. The zero-order valence-electron chi connectivity index (χ0n) is 18.4. The van der Waals surface area contributed by atoms with Crippen LogP contribution in [0.3, 0.4) is 0 Å². The number of morpholine rings is 1. The quantitative estimate of drug-likeness (QED) is 0.600. The Morgan fingerprint density at radius 1 is 0.912 bits per heavy atom. The molecule has 0 aliphatic carbocycles. The van der Waals surface area contributed by atoms with Gasteiger partial charge in [0, 0.05) is 30.9 Å². The molecule has 2 heterocycles. The van der Waals surface area contributed by atoms with E-state index >= 15 is 0 Å². The molecule has 2 aliphatic rings. The van der Waals surface area contributed by atoms with Crippen molar-refractivity contribution in [2.75, 3.05) is 43.1 Å². The summed E-state index contributed by atoms with van der Waals surface area (Å²) in [5.41, 5.74) is 3.81. The third-order valence-corrected chi connectivity index (χ3v) is 8.03. The molecule has 3 aromatic carbocycles. The van der Waals surface area contributed by atoms with Crippen molar-refractivity contribution in [1.29, 1.82) is 0 Å². The molecule has 0 bridgehead atoms. The molecule has 1 N–H and O–H groups in total. The number of rotatable bonds is 5. The molecule has 0 unspecified atom stereocenters. The summed E-state index contributed by atoms with van der Waals surface area (Å²) in [5, 5.41) is 2.88. The number of carbonyl (C=O) groups excluding carboxylic acids is 1. The Bertz CT molecular complexity index is 1340. The van der Waals surface area contributed by atoms with Gasteiger partial charge < -0.3 is 15.0 Å². The number of hydrogen-bond acceptors (Lipinski definition) is 5. The first-order chi connectivity index (χ1) is 16.4. The highest BCUT2D eigenvalue weighted by atomic mass is 32.2. The summed E-state index contributed by atoms with van der Waals surface area (Å²) < 4.78 is 46.9. The van der Waals surface area contributed by atoms with Crippen LogP contribution in [0.1, 0.15) is 15.9 Å². The van der Waals surface area contributed by atoms with Gasteiger partial charge in [0.05, 0.1) is 24.6 Å². The Morgan fingerprint density at radius 3 is 2.41 bits per heavy atom. The van der Waals surface area contributed by atoms with Crippen LogP contribution in [0.4, 0.5) is 21.5 Å². The zero-order valence-corrected chi connectivity index (χ0v) is 19.2. The van der Waals surface area contributed by atoms with E-state index in [0.29, 0.717) is 5.69 Å². The molecule has 0 spiro atoms. The van der Waals surface area contributed by atoms with Crippen LogP contribution in [0.5, 0.6) is 0 Å². The van der Waals surface area contributed by atoms with E-state index in [9.17, 15) is 17.6 Å². The molecule has 5 rings (SSSR count). The molecular weight excluding hydrogens is 457 g/mol. The molecule has 34 heavy (non-hydrogen) atoms. The van der Waals surface area contributed by atoms with Crippen LogP contribution in [0.2, 0.25) is 0 Å². The molecule has 3 aromatic rings. The third-order valence-electron chi connectivity index (χ3n) is 6.11. The number of hydrogen-bond donors (Lipinski definition) is 1. The van der Waals surface area contributed by atoms with E-state index in [-0.39, 0.29) is 31.9 Å². The number of nitrogens with zero attached hydrogens (tertiary/aromatic N) is 2. The number of ether oxygens (including phenoxy) is 1. The van der Waals surface area contributed by atoms with E-state index in [0.717, 1.165) is 36.5 Å². The Hall–Kier alpha value is -3.27. The van der Waals surface area contributed by atoms with Crippen molar-refractivity contribution in [2.45, 2.75) is 11.3 Å². The lowest BCUT2D eigenvalue weighted by Crippen LogP contribution is -2.41. The van der Waals surface area contributed by atoms with Gasteiger partial charge in [-0.05, 0) is 48.4 Å². The number of nitrogens with one attached hydrogen (secondary N) is 1. The number of benzene rings is 3. The Kier molecular flexibility index (Phi) is 6.07. The van der Waals surface area contributed by atoms with Gasteiger partial charge in [0.2, 0.25) is 10.0 Å². The molecule has 9 heteroatoms. The van der Waals surface area contributed by atoms with E-state index in [4.69, 9.17) is 4.74 Å². The second-order valence-corrected chi connectivity index (χ2v) is 10.1. The average Bonchev–Trinajstić information content (AvgIpc) is 3.29. The van der Waals surface area contributed by atoms with Gasteiger partial charge in [-0.3, -0.25) is 4.79 Å². The van der Waals surface area contributed by atoms with Gasteiger partial charge in [0.1, 0.15) is 10.7 Å². The fraction of sp³-hybridized carbons (Fsp3) is 0.240. The molecule has 1 saturated heterocycles. The minimum absolute atomic E-state index is 0.0601. The maximum absolute atomic E-state index is 14.5. The molecule has 0 aromatic heterocycles. The maximum Gasteiger partial charge on any atom is 0.255 e. The van der Waals surface area contributed by atoms with Gasteiger partial charge in [0.15, 0.2) is 0 Å². The summed E-state index contributed by atoms with van der Waals surface area (Å²) in [4.78, 5) is 14.7. The lowest BCUT2D eigenvalue weighted by molar-refractivity contribution is 0.0729. The summed E-state index contributed by atoms with van der Waals surface area (Å²) in [6.45, 7) is 1.56. The molecule has 2 aliphatic heterocycles. The van der Waals surface area contributed by atoms with Crippen molar-refractivity contribution in [1.82, 2.24) is 4.31 Å². The summed E-state index contributed by atoms with van der Waals surface area (Å²) in [6.07, 6.45) is 0.902. The lowest BCUT2D eigenvalue weighted by atomic mass is 10.1. The van der Waals surface area contributed by atoms with Crippen molar-refractivity contribution in [3.8, 4) is 0 Å². The predicted octanol–water partition coefficient (Wildman–Crippen LogP) is 3.79. The molecule has 1 amide bonds. The van der Waals surface area contributed by atoms with Gasteiger partial charge in [-0.25, -0.2) is 12.8 Å². The normalized spacial score (nSPS) is 16.3. The number of fused-ring (bicyclic) bond motifs is 1. The monoisotopic (exact) mass is 481 g/mol. The highest BCUT2D eigenvalue weighted by Crippen LogP contribution is 2.38. The average molecular weight is 482 g/mol. The van der Waals surface area contributed by atoms with Crippen LogP contribution in [-0.4, -0.2) is 51.5 Å². The SMILES string of the molecule is O=C(Nc1ccccc1N1CCc2ccccc21)c1ccc(F)c(S(=O)(=O)N2CCOCC2)c1. The van der Waals surface area contributed by atoms with Crippen LogP contribution in [0.25, 0.3) is 0 Å². The van der Waals surface area contributed by atoms with Crippen molar-refractivity contribution in [3.63, 3.8) is 0 Å². The Balaban J connectivity index is 1.43. The fourth-order valence-corrected chi connectivity index (χ4v) is 5.86.